The number of hydrogen-bond donors (Lipinski definition) is 1. The monoisotopic (exact) mass is 286 g/mol. The van der Waals surface area contributed by atoms with Crippen LogP contribution in [0.4, 0.5) is 15.8 Å². The maximum Gasteiger partial charge on any atom is 0.295 e. The normalized spacial score (nSPS) is 17.1. The van der Waals surface area contributed by atoms with Crippen molar-refractivity contribution in [3.63, 3.8) is 0 Å². The molecule has 0 saturated heterocycles. The molecule has 0 fully saturated rings. The van der Waals surface area contributed by atoms with E-state index in [9.17, 15) is 14.5 Å². The smallest absolute Gasteiger partial charge is 0.295 e. The number of halogens is 1. The van der Waals surface area contributed by atoms with Crippen LogP contribution >= 0.6 is 0 Å². The van der Waals surface area contributed by atoms with E-state index in [0.29, 0.717) is 0 Å². The highest BCUT2D eigenvalue weighted by molar-refractivity contribution is 5.63. The van der Waals surface area contributed by atoms with E-state index in [0.717, 1.165) is 19.3 Å². The fourth-order valence-corrected chi connectivity index (χ4v) is 2.83. The minimum Gasteiger partial charge on any atom is -0.374 e. The molecule has 0 aromatic heterocycles. The van der Waals surface area contributed by atoms with Crippen LogP contribution in [0.5, 0.6) is 0 Å². The summed E-state index contributed by atoms with van der Waals surface area (Å²) in [6.07, 6.45) is 2.49. The minimum absolute atomic E-state index is 0.00752. The Morgan fingerprint density at radius 2 is 1.90 bits per heavy atom. The van der Waals surface area contributed by atoms with Crippen molar-refractivity contribution in [2.45, 2.75) is 25.3 Å². The third-order valence-electron chi connectivity index (χ3n) is 3.88. The summed E-state index contributed by atoms with van der Waals surface area (Å²) in [5.74, 6) is -0.581. The summed E-state index contributed by atoms with van der Waals surface area (Å²) in [7, 11) is 0. The maximum absolute atomic E-state index is 13.9. The fraction of sp³-hybridized carbons (Fsp3) is 0.250. The third kappa shape index (κ3) is 2.72. The molecule has 0 aliphatic heterocycles. The van der Waals surface area contributed by atoms with Crippen molar-refractivity contribution in [1.82, 2.24) is 0 Å². The van der Waals surface area contributed by atoms with E-state index in [1.54, 1.807) is 0 Å². The molecule has 0 saturated carbocycles. The van der Waals surface area contributed by atoms with Crippen molar-refractivity contribution >= 4 is 11.4 Å². The molecule has 0 heterocycles. The lowest BCUT2D eigenvalue weighted by Gasteiger charge is -2.26. The largest absolute Gasteiger partial charge is 0.374 e. The number of rotatable bonds is 3. The standard InChI is InChI=1S/C16H15FN2O2/c17-14-6-3-7-15(19(20)21)16(14)18-13-9-8-11-4-1-2-5-12(11)10-13/h1-7,13,18H,8-10H2. The van der Waals surface area contributed by atoms with Gasteiger partial charge in [-0.3, -0.25) is 10.1 Å². The first-order valence-corrected chi connectivity index (χ1v) is 6.91. The van der Waals surface area contributed by atoms with E-state index in [4.69, 9.17) is 0 Å². The number of nitro benzene ring substituents is 1. The molecule has 21 heavy (non-hydrogen) atoms. The molecular formula is C16H15FN2O2. The minimum atomic E-state index is -0.581. The summed E-state index contributed by atoms with van der Waals surface area (Å²) in [4.78, 5) is 10.5. The molecule has 1 unspecified atom stereocenters. The molecule has 2 aromatic rings. The van der Waals surface area contributed by atoms with Crippen molar-refractivity contribution < 1.29 is 9.31 Å². The second-order valence-corrected chi connectivity index (χ2v) is 5.24. The molecular weight excluding hydrogens is 271 g/mol. The number of benzene rings is 2. The van der Waals surface area contributed by atoms with Gasteiger partial charge in [0.1, 0.15) is 5.69 Å². The Balaban J connectivity index is 1.84. The van der Waals surface area contributed by atoms with E-state index >= 15 is 0 Å². The van der Waals surface area contributed by atoms with Crippen molar-refractivity contribution in [3.05, 3.63) is 69.5 Å². The van der Waals surface area contributed by atoms with Crippen LogP contribution in [0.15, 0.2) is 42.5 Å². The third-order valence-corrected chi connectivity index (χ3v) is 3.88. The lowest BCUT2D eigenvalue weighted by atomic mass is 9.88. The van der Waals surface area contributed by atoms with Crippen molar-refractivity contribution in [2.75, 3.05) is 5.32 Å². The van der Waals surface area contributed by atoms with Crippen LogP contribution in [0.2, 0.25) is 0 Å². The van der Waals surface area contributed by atoms with Crippen molar-refractivity contribution in [1.29, 1.82) is 0 Å². The summed E-state index contributed by atoms with van der Waals surface area (Å²) in [5, 5.41) is 14.0. The Morgan fingerprint density at radius 3 is 2.67 bits per heavy atom. The highest BCUT2D eigenvalue weighted by Crippen LogP contribution is 2.30. The second kappa shape index (κ2) is 5.52. The molecule has 0 radical (unpaired) electrons. The molecule has 5 heteroatoms. The van der Waals surface area contributed by atoms with Gasteiger partial charge in [-0.2, -0.15) is 0 Å². The highest BCUT2D eigenvalue weighted by Gasteiger charge is 2.23. The molecule has 4 nitrogen and oxygen atoms in total. The van der Waals surface area contributed by atoms with Crippen LogP contribution < -0.4 is 5.32 Å². The Kier molecular flexibility index (Phi) is 3.56. The van der Waals surface area contributed by atoms with Gasteiger partial charge in [0.25, 0.3) is 5.69 Å². The van der Waals surface area contributed by atoms with Crippen LogP contribution in [-0.2, 0) is 12.8 Å². The quantitative estimate of drug-likeness (QED) is 0.691. The van der Waals surface area contributed by atoms with Gasteiger partial charge >= 0.3 is 0 Å². The molecule has 0 spiro atoms. The van der Waals surface area contributed by atoms with E-state index < -0.39 is 10.7 Å². The van der Waals surface area contributed by atoms with Gasteiger partial charge < -0.3 is 5.32 Å². The van der Waals surface area contributed by atoms with Gasteiger partial charge in [-0.25, -0.2) is 4.39 Å². The average molecular weight is 286 g/mol. The summed E-state index contributed by atoms with van der Waals surface area (Å²) < 4.78 is 13.9. The number of nitrogens with zero attached hydrogens (tertiary/aromatic N) is 1. The Morgan fingerprint density at radius 1 is 1.14 bits per heavy atom. The van der Waals surface area contributed by atoms with Crippen LogP contribution in [-0.4, -0.2) is 11.0 Å². The van der Waals surface area contributed by atoms with Gasteiger partial charge in [-0.15, -0.1) is 0 Å². The highest BCUT2D eigenvalue weighted by atomic mass is 19.1. The number of anilines is 1. The number of para-hydroxylation sites is 1. The molecule has 1 aliphatic carbocycles. The summed E-state index contributed by atoms with van der Waals surface area (Å²) in [6, 6.07) is 12.1. The van der Waals surface area contributed by atoms with Crippen molar-refractivity contribution in [3.8, 4) is 0 Å². The molecule has 1 aliphatic rings. The Hall–Kier alpha value is -2.43. The average Bonchev–Trinajstić information content (AvgIpc) is 2.49. The molecule has 108 valence electrons. The summed E-state index contributed by atoms with van der Waals surface area (Å²) in [6.45, 7) is 0. The van der Waals surface area contributed by atoms with E-state index in [-0.39, 0.29) is 17.4 Å². The lowest BCUT2D eigenvalue weighted by molar-refractivity contribution is -0.384. The molecule has 0 amide bonds. The van der Waals surface area contributed by atoms with Gasteiger partial charge in [-0.05, 0) is 36.5 Å². The first-order valence-electron chi connectivity index (χ1n) is 6.91. The van der Waals surface area contributed by atoms with Gasteiger partial charge in [0.15, 0.2) is 5.82 Å². The zero-order valence-corrected chi connectivity index (χ0v) is 11.4. The first-order chi connectivity index (χ1) is 10.1. The number of fused-ring (bicyclic) bond motifs is 1. The summed E-state index contributed by atoms with van der Waals surface area (Å²) in [5.41, 5.74) is 2.31. The van der Waals surface area contributed by atoms with Gasteiger partial charge in [0.05, 0.1) is 4.92 Å². The maximum atomic E-state index is 13.9. The molecule has 2 aromatic carbocycles. The molecule has 1 N–H and O–H groups in total. The van der Waals surface area contributed by atoms with Crippen LogP contribution in [0.25, 0.3) is 0 Å². The number of nitro groups is 1. The van der Waals surface area contributed by atoms with Crippen LogP contribution in [0.3, 0.4) is 0 Å². The molecule has 3 rings (SSSR count). The molecule has 1 atom stereocenters. The van der Waals surface area contributed by atoms with E-state index in [1.807, 2.05) is 12.1 Å². The topological polar surface area (TPSA) is 55.2 Å². The number of hydrogen-bond acceptors (Lipinski definition) is 3. The zero-order chi connectivity index (χ0) is 14.8. The van der Waals surface area contributed by atoms with Crippen LogP contribution in [0, 0.1) is 15.9 Å². The van der Waals surface area contributed by atoms with Gasteiger partial charge in [-0.1, -0.05) is 30.3 Å². The first kappa shape index (κ1) is 13.5. The number of aryl methyl sites for hydroxylation is 1. The predicted octanol–water partition coefficient (Wildman–Crippen LogP) is 3.70. The second-order valence-electron chi connectivity index (χ2n) is 5.24. The van der Waals surface area contributed by atoms with Crippen LogP contribution in [0.1, 0.15) is 17.5 Å². The van der Waals surface area contributed by atoms with Gasteiger partial charge in [0.2, 0.25) is 0 Å². The molecule has 0 bridgehead atoms. The van der Waals surface area contributed by atoms with Gasteiger partial charge in [0, 0.05) is 12.1 Å². The fourth-order valence-electron chi connectivity index (χ4n) is 2.83. The Bertz CT molecular complexity index is 688. The number of nitrogens with one attached hydrogen (secondary N) is 1. The summed E-state index contributed by atoms with van der Waals surface area (Å²) >= 11 is 0. The lowest BCUT2D eigenvalue weighted by Crippen LogP contribution is -2.28. The Labute approximate surface area is 121 Å². The zero-order valence-electron chi connectivity index (χ0n) is 11.4. The van der Waals surface area contributed by atoms with Crippen molar-refractivity contribution in [2.24, 2.45) is 0 Å². The van der Waals surface area contributed by atoms with E-state index in [2.05, 4.69) is 17.4 Å². The SMILES string of the molecule is O=[N+]([O-])c1cccc(F)c1NC1CCc2ccccc2C1. The van der Waals surface area contributed by atoms with E-state index in [1.165, 1.54) is 29.3 Å². The predicted molar refractivity (Wildman–Crippen MR) is 78.9 cm³/mol.